The minimum atomic E-state index is -0.949. The predicted molar refractivity (Wildman–Crippen MR) is 73.1 cm³/mol. The van der Waals surface area contributed by atoms with Crippen molar-refractivity contribution < 1.29 is 9.90 Å². The molecular weight excluding hydrogens is 331 g/mol. The van der Waals surface area contributed by atoms with Gasteiger partial charge in [0.05, 0.1) is 0 Å². The molecule has 8 heteroatoms. The summed E-state index contributed by atoms with van der Waals surface area (Å²) in [4.78, 5) is 15.1. The van der Waals surface area contributed by atoms with E-state index in [1.54, 1.807) is 23.0 Å². The van der Waals surface area contributed by atoms with Gasteiger partial charge in [-0.25, -0.2) is 0 Å². The van der Waals surface area contributed by atoms with E-state index in [9.17, 15) is 4.79 Å². The van der Waals surface area contributed by atoms with Crippen LogP contribution >= 0.6 is 12.2 Å². The van der Waals surface area contributed by atoms with Crippen LogP contribution in [0, 0.1) is 4.77 Å². The Morgan fingerprint density at radius 2 is 2.05 bits per heavy atom. The second-order valence-corrected chi connectivity index (χ2v) is 4.82. The van der Waals surface area contributed by atoms with Crippen LogP contribution in [0.3, 0.4) is 0 Å². The van der Waals surface area contributed by atoms with Gasteiger partial charge in [-0.2, -0.15) is 0 Å². The van der Waals surface area contributed by atoms with Crippen molar-refractivity contribution in [2.24, 2.45) is 4.99 Å². The standard InChI is InChI=1S/C11H9N4O2SSe/c16-10(17)8-3-1-7(2-4-8)9(19)12-5-15-6-13-14-11(15)18/h1-4,6H,5H2,(H,14,18)(H,16,17)/b12-9+. The van der Waals surface area contributed by atoms with E-state index in [1.165, 1.54) is 12.1 Å². The quantitative estimate of drug-likeness (QED) is 0.498. The molecule has 0 amide bonds. The van der Waals surface area contributed by atoms with Crippen LogP contribution in [-0.4, -0.2) is 46.5 Å². The molecule has 2 rings (SSSR count). The van der Waals surface area contributed by atoms with Gasteiger partial charge in [0.2, 0.25) is 0 Å². The molecule has 0 aliphatic heterocycles. The number of rotatable bonds is 4. The number of aromatic nitrogens is 3. The number of aliphatic imine (C=N–C) groups is 1. The van der Waals surface area contributed by atoms with Gasteiger partial charge in [0.25, 0.3) is 0 Å². The molecule has 2 N–H and O–H groups in total. The van der Waals surface area contributed by atoms with E-state index in [4.69, 9.17) is 17.3 Å². The Kier molecular flexibility index (Phi) is 4.26. The van der Waals surface area contributed by atoms with Crippen LogP contribution in [0.5, 0.6) is 0 Å². The Bertz CT molecular complexity index is 675. The molecule has 19 heavy (non-hydrogen) atoms. The van der Waals surface area contributed by atoms with Crippen LogP contribution in [0.4, 0.5) is 0 Å². The normalized spacial score (nSPS) is 11.5. The van der Waals surface area contributed by atoms with Crippen molar-refractivity contribution in [1.82, 2.24) is 14.8 Å². The van der Waals surface area contributed by atoms with Crippen LogP contribution in [0.25, 0.3) is 0 Å². The molecule has 1 aromatic heterocycles. The van der Waals surface area contributed by atoms with Crippen LogP contribution in [-0.2, 0) is 6.67 Å². The molecule has 0 spiro atoms. The molecule has 0 saturated heterocycles. The summed E-state index contributed by atoms with van der Waals surface area (Å²) in [5, 5.41) is 15.2. The third kappa shape index (κ3) is 3.37. The summed E-state index contributed by atoms with van der Waals surface area (Å²) in [5.41, 5.74) is 1.06. The van der Waals surface area contributed by atoms with Gasteiger partial charge in [0, 0.05) is 0 Å². The van der Waals surface area contributed by atoms with Crippen LogP contribution in [0.2, 0.25) is 0 Å². The maximum absolute atomic E-state index is 10.7. The third-order valence-electron chi connectivity index (χ3n) is 2.36. The molecular formula is C11H9N4O2SSe. The number of carboxylic acids is 1. The van der Waals surface area contributed by atoms with Crippen molar-refractivity contribution >= 4 is 38.8 Å². The number of benzene rings is 1. The first kappa shape index (κ1) is 13.7. The van der Waals surface area contributed by atoms with Gasteiger partial charge in [0.1, 0.15) is 0 Å². The molecule has 2 aromatic rings. The maximum atomic E-state index is 10.7. The summed E-state index contributed by atoms with van der Waals surface area (Å²) in [6.07, 6.45) is 1.56. The van der Waals surface area contributed by atoms with Crippen LogP contribution in [0.15, 0.2) is 35.6 Å². The Balaban J connectivity index is 2.15. The molecule has 0 bridgehead atoms. The van der Waals surface area contributed by atoms with Gasteiger partial charge in [0.15, 0.2) is 0 Å². The van der Waals surface area contributed by atoms with Crippen molar-refractivity contribution in [3.63, 3.8) is 0 Å². The molecule has 97 valence electrons. The van der Waals surface area contributed by atoms with Crippen molar-refractivity contribution in [3.8, 4) is 0 Å². The van der Waals surface area contributed by atoms with E-state index in [-0.39, 0.29) is 5.56 Å². The molecule has 0 aliphatic carbocycles. The zero-order valence-corrected chi connectivity index (χ0v) is 12.1. The summed E-state index contributed by atoms with van der Waals surface area (Å²) < 4.78 is 2.86. The SMILES string of the molecule is O=C(O)c1ccc(/C([Se])=N\Cn2cn[nH]c2=S)cc1. The zero-order chi connectivity index (χ0) is 13.8. The van der Waals surface area contributed by atoms with E-state index in [0.717, 1.165) is 5.56 Å². The van der Waals surface area contributed by atoms with Crippen LogP contribution < -0.4 is 0 Å². The van der Waals surface area contributed by atoms with Crippen LogP contribution in [0.1, 0.15) is 15.9 Å². The number of nitrogens with one attached hydrogen (secondary N) is 1. The molecule has 6 nitrogen and oxygen atoms in total. The number of hydrogen-bond acceptors (Lipinski definition) is 4. The Hall–Kier alpha value is -1.76. The second kappa shape index (κ2) is 5.92. The number of nitrogens with zero attached hydrogens (tertiary/aromatic N) is 3. The molecule has 0 saturated carbocycles. The van der Waals surface area contributed by atoms with Gasteiger partial charge in [-0.05, 0) is 0 Å². The fourth-order valence-electron chi connectivity index (χ4n) is 1.36. The second-order valence-electron chi connectivity index (χ2n) is 3.62. The monoisotopic (exact) mass is 341 g/mol. The predicted octanol–water partition coefficient (Wildman–Crippen LogP) is 1.21. The van der Waals surface area contributed by atoms with Crippen molar-refractivity contribution in [1.29, 1.82) is 0 Å². The van der Waals surface area contributed by atoms with Gasteiger partial charge < -0.3 is 0 Å². The van der Waals surface area contributed by atoms with Crippen molar-refractivity contribution in [2.45, 2.75) is 6.67 Å². The average molecular weight is 340 g/mol. The van der Waals surface area contributed by atoms with Crippen molar-refractivity contribution in [2.75, 3.05) is 0 Å². The summed E-state index contributed by atoms with van der Waals surface area (Å²) >= 11 is 7.85. The molecule has 1 heterocycles. The molecule has 0 aliphatic rings. The first-order chi connectivity index (χ1) is 9.08. The van der Waals surface area contributed by atoms with Crippen molar-refractivity contribution in [3.05, 3.63) is 46.5 Å². The fourth-order valence-corrected chi connectivity index (χ4v) is 1.92. The molecule has 0 fully saturated rings. The Morgan fingerprint density at radius 3 is 2.58 bits per heavy atom. The van der Waals surface area contributed by atoms with E-state index in [1.807, 2.05) is 0 Å². The zero-order valence-electron chi connectivity index (χ0n) is 9.61. The summed E-state index contributed by atoms with van der Waals surface area (Å²) in [5.74, 6) is -0.949. The minimum absolute atomic E-state index is 0.244. The van der Waals surface area contributed by atoms with Gasteiger partial charge >= 0.3 is 122 Å². The number of aromatic amines is 1. The first-order valence-electron chi connectivity index (χ1n) is 5.23. The summed E-state index contributed by atoms with van der Waals surface area (Å²) in [6, 6.07) is 6.48. The van der Waals surface area contributed by atoms with E-state index in [2.05, 4.69) is 31.2 Å². The number of aromatic carboxylic acids is 1. The van der Waals surface area contributed by atoms with Gasteiger partial charge in [-0.3, -0.25) is 0 Å². The number of hydrogen-bond donors (Lipinski definition) is 2. The van der Waals surface area contributed by atoms with E-state index in [0.29, 0.717) is 16.0 Å². The number of carbonyl (C=O) groups is 1. The molecule has 1 aromatic carbocycles. The third-order valence-corrected chi connectivity index (χ3v) is 3.45. The summed E-state index contributed by atoms with van der Waals surface area (Å²) in [7, 11) is 0. The molecule has 0 atom stereocenters. The number of carboxylic acid groups (broad SMARTS) is 1. The first-order valence-corrected chi connectivity index (χ1v) is 6.49. The van der Waals surface area contributed by atoms with E-state index >= 15 is 0 Å². The average Bonchev–Trinajstić information content (AvgIpc) is 2.81. The topological polar surface area (TPSA) is 83.3 Å². The fraction of sp³-hybridized carbons (Fsp3) is 0.0909. The Labute approximate surface area is 122 Å². The molecule has 1 radical (unpaired) electrons. The number of H-pyrrole nitrogens is 1. The molecule has 0 unspecified atom stereocenters. The Morgan fingerprint density at radius 1 is 1.42 bits per heavy atom. The van der Waals surface area contributed by atoms with Gasteiger partial charge in [-0.1, -0.05) is 0 Å². The van der Waals surface area contributed by atoms with Gasteiger partial charge in [-0.15, -0.1) is 0 Å². The summed E-state index contributed by atoms with van der Waals surface area (Å²) in [6.45, 7) is 0.346. The van der Waals surface area contributed by atoms with E-state index < -0.39 is 5.97 Å².